The topological polar surface area (TPSA) is 72.3 Å². The van der Waals surface area contributed by atoms with E-state index in [1.807, 2.05) is 31.2 Å². The lowest BCUT2D eigenvalue weighted by molar-refractivity contribution is 0.594. The van der Waals surface area contributed by atoms with Crippen LogP contribution >= 0.6 is 0 Å². The minimum absolute atomic E-state index is 0.0671. The molecule has 0 spiro atoms. The Bertz CT molecular complexity index is 943. The average molecular weight is 311 g/mol. The highest BCUT2D eigenvalue weighted by Crippen LogP contribution is 2.15. The summed E-state index contributed by atoms with van der Waals surface area (Å²) in [6.07, 6.45) is 4.48. The lowest BCUT2D eigenvalue weighted by atomic mass is 10.1. The van der Waals surface area contributed by atoms with Gasteiger partial charge in [-0.2, -0.15) is 12.8 Å². The number of rotatable bonds is 3. The third-order valence-electron chi connectivity index (χ3n) is 3.14. The number of aromatic nitrogens is 2. The molecule has 0 bridgehead atoms. The molecular weight excluding hydrogens is 298 g/mol. The molecule has 3 aromatic rings. The van der Waals surface area contributed by atoms with Gasteiger partial charge in [0.15, 0.2) is 5.03 Å². The molecule has 3 rings (SSSR count). The van der Waals surface area contributed by atoms with Gasteiger partial charge in [0, 0.05) is 29.6 Å². The number of benzene rings is 1. The van der Waals surface area contributed by atoms with Crippen LogP contribution in [0.1, 0.15) is 11.1 Å². The molecule has 1 aromatic carbocycles. The Hall–Kier alpha value is -2.60. The van der Waals surface area contributed by atoms with Crippen molar-refractivity contribution in [2.75, 3.05) is 0 Å². The van der Waals surface area contributed by atoms with Gasteiger partial charge in [0.05, 0.1) is 5.52 Å². The van der Waals surface area contributed by atoms with Crippen molar-refractivity contribution in [2.45, 2.75) is 11.9 Å². The molecule has 0 aliphatic rings. The largest absolute Gasteiger partial charge is 0.299 e. The lowest BCUT2D eigenvalue weighted by Gasteiger charge is -2.01. The fourth-order valence-electron chi connectivity index (χ4n) is 2.02. The molecule has 110 valence electrons. The van der Waals surface area contributed by atoms with Crippen molar-refractivity contribution < 1.29 is 8.42 Å². The summed E-state index contributed by atoms with van der Waals surface area (Å²) < 4.78 is 28.1. The molecular formula is C16H13N3O2S. The van der Waals surface area contributed by atoms with Gasteiger partial charge in [-0.25, -0.2) is 4.98 Å². The van der Waals surface area contributed by atoms with Crippen LogP contribution in [-0.2, 0) is 10.0 Å². The van der Waals surface area contributed by atoms with E-state index in [9.17, 15) is 8.42 Å². The molecule has 0 N–H and O–H groups in total. The number of hydrogen-bond donors (Lipinski definition) is 0. The van der Waals surface area contributed by atoms with Crippen LogP contribution in [0, 0.1) is 6.92 Å². The molecule has 2 aromatic heterocycles. The molecule has 2 heterocycles. The first-order valence-electron chi connectivity index (χ1n) is 6.63. The van der Waals surface area contributed by atoms with E-state index in [0.29, 0.717) is 11.1 Å². The van der Waals surface area contributed by atoms with Crippen LogP contribution in [0.5, 0.6) is 0 Å². The second-order valence-corrected chi connectivity index (χ2v) is 6.38. The molecule has 0 aliphatic heterocycles. The van der Waals surface area contributed by atoms with Crippen molar-refractivity contribution in [1.29, 1.82) is 0 Å². The smallest absolute Gasteiger partial charge is 0.256 e. The average Bonchev–Trinajstić information content (AvgIpc) is 2.53. The maximum Gasteiger partial charge on any atom is 0.299 e. The Morgan fingerprint density at radius 2 is 1.86 bits per heavy atom. The Morgan fingerprint density at radius 1 is 1.05 bits per heavy atom. The van der Waals surface area contributed by atoms with E-state index in [1.54, 1.807) is 18.3 Å². The fourth-order valence-corrected chi connectivity index (χ4v) is 2.81. The number of nitrogens with zero attached hydrogens (tertiary/aromatic N) is 3. The third-order valence-corrected chi connectivity index (χ3v) is 4.30. The second kappa shape index (κ2) is 5.65. The molecule has 0 aliphatic carbocycles. The SMILES string of the molecule is Cc1ccc(S(=O)(=O)/N=C/c2cccc3cccnc23)nc1. The summed E-state index contributed by atoms with van der Waals surface area (Å²) >= 11 is 0. The summed E-state index contributed by atoms with van der Waals surface area (Å²) in [5, 5.41) is 0.861. The van der Waals surface area contributed by atoms with Crippen LogP contribution in [0.15, 0.2) is 64.3 Å². The maximum atomic E-state index is 12.2. The summed E-state index contributed by atoms with van der Waals surface area (Å²) in [7, 11) is -3.81. The van der Waals surface area contributed by atoms with Gasteiger partial charge >= 0.3 is 0 Å². The second-order valence-electron chi connectivity index (χ2n) is 4.81. The molecule has 6 heteroatoms. The van der Waals surface area contributed by atoms with Crippen LogP contribution in [0.2, 0.25) is 0 Å². The highest BCUT2D eigenvalue weighted by atomic mass is 32.2. The summed E-state index contributed by atoms with van der Waals surface area (Å²) in [5.41, 5.74) is 2.25. The van der Waals surface area contributed by atoms with Crippen molar-refractivity contribution >= 4 is 27.1 Å². The van der Waals surface area contributed by atoms with E-state index in [0.717, 1.165) is 10.9 Å². The number of aryl methyl sites for hydroxylation is 1. The number of sulfonamides is 1. The minimum atomic E-state index is -3.81. The fraction of sp³-hybridized carbons (Fsp3) is 0.0625. The standard InChI is InChI=1S/C16H13N3O2S/c1-12-7-8-15(18-10-12)22(20,21)19-11-14-5-2-4-13-6-3-9-17-16(13)14/h2-11H,1H3/b19-11+. The van der Waals surface area contributed by atoms with Crippen LogP contribution < -0.4 is 0 Å². The summed E-state index contributed by atoms with van der Waals surface area (Å²) in [4.78, 5) is 8.17. The molecule has 0 atom stereocenters. The lowest BCUT2D eigenvalue weighted by Crippen LogP contribution is -2.01. The van der Waals surface area contributed by atoms with E-state index in [2.05, 4.69) is 14.4 Å². The van der Waals surface area contributed by atoms with Gasteiger partial charge in [0.2, 0.25) is 0 Å². The number of hydrogen-bond acceptors (Lipinski definition) is 4. The zero-order valence-corrected chi connectivity index (χ0v) is 12.7. The minimum Gasteiger partial charge on any atom is -0.256 e. The first kappa shape index (κ1) is 14.3. The molecule has 0 saturated heterocycles. The molecule has 0 saturated carbocycles. The van der Waals surface area contributed by atoms with Gasteiger partial charge in [0.1, 0.15) is 0 Å². The first-order valence-corrected chi connectivity index (χ1v) is 8.07. The summed E-state index contributed by atoms with van der Waals surface area (Å²) in [6, 6.07) is 12.4. The van der Waals surface area contributed by atoms with E-state index in [4.69, 9.17) is 0 Å². The van der Waals surface area contributed by atoms with Gasteiger partial charge in [-0.15, -0.1) is 0 Å². The first-order chi connectivity index (χ1) is 10.6. The zero-order valence-electron chi connectivity index (χ0n) is 11.8. The molecule has 22 heavy (non-hydrogen) atoms. The summed E-state index contributed by atoms with van der Waals surface area (Å²) in [6.45, 7) is 1.84. The van der Waals surface area contributed by atoms with Crippen molar-refractivity contribution in [1.82, 2.24) is 9.97 Å². The monoisotopic (exact) mass is 311 g/mol. The maximum absolute atomic E-state index is 12.2. The molecule has 0 fully saturated rings. The Labute approximate surface area is 128 Å². The van der Waals surface area contributed by atoms with E-state index in [1.165, 1.54) is 18.5 Å². The van der Waals surface area contributed by atoms with Gasteiger partial charge < -0.3 is 0 Å². The van der Waals surface area contributed by atoms with Gasteiger partial charge in [0.25, 0.3) is 10.0 Å². The normalized spacial score (nSPS) is 12.0. The van der Waals surface area contributed by atoms with Crippen LogP contribution in [0.3, 0.4) is 0 Å². The Balaban J connectivity index is 2.00. The van der Waals surface area contributed by atoms with E-state index < -0.39 is 10.0 Å². The van der Waals surface area contributed by atoms with Gasteiger partial charge in [-0.1, -0.05) is 30.3 Å². The Kier molecular flexibility index (Phi) is 3.68. The third kappa shape index (κ3) is 2.87. The molecule has 5 nitrogen and oxygen atoms in total. The summed E-state index contributed by atoms with van der Waals surface area (Å²) in [5.74, 6) is 0. The van der Waals surface area contributed by atoms with Crippen molar-refractivity contribution in [3.8, 4) is 0 Å². The molecule has 0 radical (unpaired) electrons. The van der Waals surface area contributed by atoms with Crippen LogP contribution in [0.25, 0.3) is 10.9 Å². The number of pyridine rings is 2. The number of fused-ring (bicyclic) bond motifs is 1. The van der Waals surface area contributed by atoms with E-state index >= 15 is 0 Å². The zero-order chi connectivity index (χ0) is 15.6. The predicted octanol–water partition coefficient (Wildman–Crippen LogP) is 2.75. The Morgan fingerprint density at radius 3 is 2.64 bits per heavy atom. The van der Waals surface area contributed by atoms with Gasteiger partial charge in [-0.3, -0.25) is 4.98 Å². The van der Waals surface area contributed by atoms with Crippen LogP contribution in [-0.4, -0.2) is 24.6 Å². The molecule has 0 amide bonds. The highest BCUT2D eigenvalue weighted by molar-refractivity contribution is 7.90. The van der Waals surface area contributed by atoms with Crippen LogP contribution in [0.4, 0.5) is 0 Å². The van der Waals surface area contributed by atoms with E-state index in [-0.39, 0.29) is 5.03 Å². The quantitative estimate of drug-likeness (QED) is 0.697. The van der Waals surface area contributed by atoms with Gasteiger partial charge in [-0.05, 0) is 24.6 Å². The van der Waals surface area contributed by atoms with Crippen molar-refractivity contribution in [3.05, 3.63) is 66.0 Å². The predicted molar refractivity (Wildman–Crippen MR) is 85.5 cm³/mol. The van der Waals surface area contributed by atoms with Crippen molar-refractivity contribution in [2.24, 2.45) is 4.40 Å². The number of para-hydroxylation sites is 1. The van der Waals surface area contributed by atoms with Crippen molar-refractivity contribution in [3.63, 3.8) is 0 Å². The molecule has 0 unspecified atom stereocenters. The highest BCUT2D eigenvalue weighted by Gasteiger charge is 2.13.